The summed E-state index contributed by atoms with van der Waals surface area (Å²) in [6.45, 7) is -0.0146. The van der Waals surface area contributed by atoms with Gasteiger partial charge in [0.1, 0.15) is 3.79 Å². The molecule has 76 valence electrons. The van der Waals surface area contributed by atoms with Gasteiger partial charge in [-0.15, -0.1) is 11.3 Å². The third-order valence-electron chi connectivity index (χ3n) is 1.30. The summed E-state index contributed by atoms with van der Waals surface area (Å²) in [5.74, 6) is -0.436. The van der Waals surface area contributed by atoms with Gasteiger partial charge in [-0.3, -0.25) is 4.79 Å². The molecule has 1 aromatic rings. The molecule has 0 spiro atoms. The lowest BCUT2D eigenvalue weighted by molar-refractivity contribution is 0.0954. The van der Waals surface area contributed by atoms with E-state index in [1.807, 2.05) is 0 Å². The zero-order valence-electron chi connectivity index (χ0n) is 6.90. The number of halogens is 1. The summed E-state index contributed by atoms with van der Waals surface area (Å²) in [5.41, 5.74) is 7.00. The summed E-state index contributed by atoms with van der Waals surface area (Å²) in [5, 5.41) is 13.4. The summed E-state index contributed by atoms with van der Waals surface area (Å²) < 4.78 is 0.648. The first-order valence-electron chi connectivity index (χ1n) is 3.48. The minimum Gasteiger partial charge on any atom is -0.409 e. The van der Waals surface area contributed by atoms with Crippen LogP contribution in [0.25, 0.3) is 0 Å². The number of carbonyl (C=O) groups is 1. The maximum absolute atomic E-state index is 11.4. The lowest BCUT2D eigenvalue weighted by atomic mass is 10.4. The first kappa shape index (κ1) is 10.9. The van der Waals surface area contributed by atoms with Crippen LogP contribution in [0.3, 0.4) is 0 Å². The zero-order valence-corrected chi connectivity index (χ0v) is 9.30. The second-order valence-corrected chi connectivity index (χ2v) is 4.42. The molecule has 14 heavy (non-hydrogen) atoms. The highest BCUT2D eigenvalue weighted by molar-refractivity contribution is 9.11. The summed E-state index contributed by atoms with van der Waals surface area (Å²) in [4.78, 5) is 15.2. The van der Waals surface area contributed by atoms with Gasteiger partial charge in [0.15, 0.2) is 11.5 Å². The molecule has 1 aromatic heterocycles. The lowest BCUT2D eigenvalue weighted by Crippen LogP contribution is -2.33. The quantitative estimate of drug-likeness (QED) is 0.322. The van der Waals surface area contributed by atoms with E-state index < -0.39 is 0 Å². The third-order valence-corrected chi connectivity index (χ3v) is 2.85. The van der Waals surface area contributed by atoms with E-state index in [0.717, 1.165) is 0 Å². The Hall–Kier alpha value is -1.15. The van der Waals surface area contributed by atoms with Gasteiger partial charge in [0.2, 0.25) is 0 Å². The summed E-state index contributed by atoms with van der Waals surface area (Å²) in [6, 6.07) is 0. The van der Waals surface area contributed by atoms with Gasteiger partial charge < -0.3 is 16.3 Å². The van der Waals surface area contributed by atoms with Crippen LogP contribution < -0.4 is 11.1 Å². The van der Waals surface area contributed by atoms with Gasteiger partial charge in [-0.1, -0.05) is 5.16 Å². The molecule has 8 heteroatoms. The maximum atomic E-state index is 11.4. The smallest absolute Gasteiger partial charge is 0.272 e. The van der Waals surface area contributed by atoms with Crippen molar-refractivity contribution in [2.24, 2.45) is 10.9 Å². The van der Waals surface area contributed by atoms with E-state index in [9.17, 15) is 4.79 Å². The Kier molecular flexibility index (Phi) is 3.84. The van der Waals surface area contributed by atoms with Gasteiger partial charge in [-0.05, 0) is 15.9 Å². The Morgan fingerprint density at radius 1 is 1.86 bits per heavy atom. The number of hydrogen-bond acceptors (Lipinski definition) is 5. The number of carbonyl (C=O) groups excluding carboxylic acids is 1. The van der Waals surface area contributed by atoms with Crippen molar-refractivity contribution in [1.82, 2.24) is 10.3 Å². The summed E-state index contributed by atoms with van der Waals surface area (Å²) in [7, 11) is 0. The first-order valence-corrected chi connectivity index (χ1v) is 5.16. The molecule has 4 N–H and O–H groups in total. The van der Waals surface area contributed by atoms with Crippen LogP contribution in [-0.2, 0) is 0 Å². The number of hydrogen-bond donors (Lipinski definition) is 3. The van der Waals surface area contributed by atoms with Crippen molar-refractivity contribution < 1.29 is 10.0 Å². The van der Waals surface area contributed by atoms with Crippen molar-refractivity contribution in [1.29, 1.82) is 0 Å². The van der Waals surface area contributed by atoms with Gasteiger partial charge in [-0.2, -0.15) is 0 Å². The standard InChI is InChI=1S/C6H7BrN4O2S/c7-5-4(10-2-14-5)6(12)9-1-3(8)11-13/h2,13H,1H2,(H2,8,11)(H,9,12). The molecule has 0 saturated carbocycles. The SMILES string of the molecule is N/C(CNC(=O)c1ncsc1Br)=N\O. The van der Waals surface area contributed by atoms with Crippen molar-refractivity contribution in [3.05, 3.63) is 15.0 Å². The fraction of sp³-hybridized carbons (Fsp3) is 0.167. The monoisotopic (exact) mass is 278 g/mol. The number of nitrogens with two attached hydrogens (primary N) is 1. The molecule has 0 radical (unpaired) electrons. The highest BCUT2D eigenvalue weighted by Crippen LogP contribution is 2.19. The van der Waals surface area contributed by atoms with E-state index in [4.69, 9.17) is 10.9 Å². The molecule has 1 amide bonds. The van der Waals surface area contributed by atoms with Crippen LogP contribution in [0.5, 0.6) is 0 Å². The average molecular weight is 279 g/mol. The molecule has 0 bridgehead atoms. The topological polar surface area (TPSA) is 101 Å². The molecule has 0 saturated heterocycles. The Balaban J connectivity index is 2.56. The van der Waals surface area contributed by atoms with E-state index in [0.29, 0.717) is 9.48 Å². The molecule has 0 unspecified atom stereocenters. The van der Waals surface area contributed by atoms with Crippen LogP contribution in [0.4, 0.5) is 0 Å². The normalized spacial score (nSPS) is 11.4. The second kappa shape index (κ2) is 4.91. The van der Waals surface area contributed by atoms with Crippen LogP contribution in [0.15, 0.2) is 14.5 Å². The van der Waals surface area contributed by atoms with E-state index in [1.54, 1.807) is 5.51 Å². The summed E-state index contributed by atoms with van der Waals surface area (Å²) in [6.07, 6.45) is 0. The van der Waals surface area contributed by atoms with Crippen molar-refractivity contribution in [3.8, 4) is 0 Å². The highest BCUT2D eigenvalue weighted by atomic mass is 79.9. The van der Waals surface area contributed by atoms with Gasteiger partial charge in [-0.25, -0.2) is 4.98 Å². The number of rotatable bonds is 3. The van der Waals surface area contributed by atoms with Crippen LogP contribution >= 0.6 is 27.3 Å². The Morgan fingerprint density at radius 2 is 2.57 bits per heavy atom. The Morgan fingerprint density at radius 3 is 3.07 bits per heavy atom. The van der Waals surface area contributed by atoms with Gasteiger partial charge in [0.25, 0.3) is 5.91 Å². The van der Waals surface area contributed by atoms with E-state index in [1.165, 1.54) is 11.3 Å². The number of amidine groups is 1. The van der Waals surface area contributed by atoms with E-state index in [2.05, 4.69) is 31.4 Å². The molecule has 0 aliphatic heterocycles. The molecule has 0 aliphatic carbocycles. The Labute approximate surface area is 91.9 Å². The molecule has 6 nitrogen and oxygen atoms in total. The van der Waals surface area contributed by atoms with Crippen molar-refractivity contribution in [2.75, 3.05) is 6.54 Å². The fourth-order valence-corrected chi connectivity index (χ4v) is 1.71. The molecule has 1 heterocycles. The molecular formula is C6H7BrN4O2S. The fourth-order valence-electron chi connectivity index (χ4n) is 0.670. The first-order chi connectivity index (χ1) is 6.65. The van der Waals surface area contributed by atoms with E-state index >= 15 is 0 Å². The largest absolute Gasteiger partial charge is 0.409 e. The third kappa shape index (κ3) is 2.67. The highest BCUT2D eigenvalue weighted by Gasteiger charge is 2.12. The molecular weight excluding hydrogens is 272 g/mol. The molecule has 0 aliphatic rings. The van der Waals surface area contributed by atoms with Crippen LogP contribution in [-0.4, -0.2) is 28.5 Å². The number of aromatic nitrogens is 1. The average Bonchev–Trinajstić information content (AvgIpc) is 2.60. The predicted octanol–water partition coefficient (Wildman–Crippen LogP) is 0.382. The number of amides is 1. The predicted molar refractivity (Wildman–Crippen MR) is 55.6 cm³/mol. The minimum absolute atomic E-state index is 0.0146. The molecule has 0 atom stereocenters. The van der Waals surface area contributed by atoms with Crippen LogP contribution in [0, 0.1) is 0 Å². The molecule has 0 fully saturated rings. The van der Waals surface area contributed by atoms with Crippen molar-refractivity contribution in [2.45, 2.75) is 0 Å². The van der Waals surface area contributed by atoms with Gasteiger partial charge in [0.05, 0.1) is 12.1 Å². The van der Waals surface area contributed by atoms with Gasteiger partial charge in [0, 0.05) is 0 Å². The number of oxime groups is 1. The minimum atomic E-state index is -0.371. The molecule has 0 aromatic carbocycles. The number of thiazole rings is 1. The number of nitrogens with one attached hydrogen (secondary N) is 1. The number of nitrogens with zero attached hydrogens (tertiary/aromatic N) is 2. The zero-order chi connectivity index (χ0) is 10.6. The lowest BCUT2D eigenvalue weighted by Gasteiger charge is -2.01. The maximum Gasteiger partial charge on any atom is 0.272 e. The van der Waals surface area contributed by atoms with Crippen molar-refractivity contribution >= 4 is 39.0 Å². The van der Waals surface area contributed by atoms with Crippen LogP contribution in [0.1, 0.15) is 10.5 Å². The van der Waals surface area contributed by atoms with Crippen LogP contribution in [0.2, 0.25) is 0 Å². The Bertz CT molecular complexity index is 364. The molecule has 1 rings (SSSR count). The van der Waals surface area contributed by atoms with Crippen molar-refractivity contribution in [3.63, 3.8) is 0 Å². The van der Waals surface area contributed by atoms with E-state index in [-0.39, 0.29) is 18.3 Å². The second-order valence-electron chi connectivity index (χ2n) is 2.25. The summed E-state index contributed by atoms with van der Waals surface area (Å²) >= 11 is 4.48. The van der Waals surface area contributed by atoms with Gasteiger partial charge >= 0.3 is 0 Å².